The number of hydrogen-bond donors (Lipinski definition) is 0. The molecule has 0 aliphatic rings. The van der Waals surface area contributed by atoms with Gasteiger partial charge in [0.05, 0.1) is 33.5 Å². The molecule has 0 saturated carbocycles. The van der Waals surface area contributed by atoms with Gasteiger partial charge in [-0.25, -0.2) is 9.97 Å². The molecule has 4 nitrogen and oxygen atoms in total. The van der Waals surface area contributed by atoms with Crippen LogP contribution in [0.1, 0.15) is 0 Å². The molecule has 51 heavy (non-hydrogen) atoms. The van der Waals surface area contributed by atoms with Crippen molar-refractivity contribution in [3.05, 3.63) is 181 Å². The molecule has 0 aliphatic carbocycles. The molecular weight excluding hydrogens is 644 g/mol. The van der Waals surface area contributed by atoms with Crippen molar-refractivity contribution in [2.24, 2.45) is 0 Å². The highest BCUT2D eigenvalue weighted by Crippen LogP contribution is 2.38. The van der Waals surface area contributed by atoms with Crippen molar-refractivity contribution in [3.8, 4) is 45.3 Å². The summed E-state index contributed by atoms with van der Waals surface area (Å²) in [6.45, 7) is 0. The van der Waals surface area contributed by atoms with Crippen LogP contribution < -0.4 is 0 Å². The maximum Gasteiger partial charge on any atom is 0.235 e. The standard InChI is InChI=1S/C46H29ClN4/c47-34-15-11-14-33(26-34)41-29-40(30-12-3-1-4-13-30)48-46(49-41)51-43-21-10-8-19-37(43)39-28-32(23-25-45(39)51)31-22-24-44-38(27-31)36-18-7-9-20-42(36)50(44)35-16-5-2-6-17-35/h1-29H. The molecule has 240 valence electrons. The first kappa shape index (κ1) is 29.4. The Hall–Kier alpha value is -6.49. The van der Waals surface area contributed by atoms with Gasteiger partial charge in [-0.15, -0.1) is 0 Å². The molecule has 7 aromatic carbocycles. The van der Waals surface area contributed by atoms with E-state index in [1.165, 1.54) is 27.4 Å². The molecule has 0 unspecified atom stereocenters. The van der Waals surface area contributed by atoms with E-state index in [2.05, 4.69) is 137 Å². The number of halogens is 1. The summed E-state index contributed by atoms with van der Waals surface area (Å²) < 4.78 is 4.54. The normalized spacial score (nSPS) is 11.6. The number of para-hydroxylation sites is 3. The molecule has 0 fully saturated rings. The van der Waals surface area contributed by atoms with Crippen LogP contribution in [0.15, 0.2) is 176 Å². The molecule has 0 spiro atoms. The summed E-state index contributed by atoms with van der Waals surface area (Å²) in [5.74, 6) is 0.611. The van der Waals surface area contributed by atoms with Gasteiger partial charge in [-0.05, 0) is 77.9 Å². The second kappa shape index (κ2) is 11.8. The minimum absolute atomic E-state index is 0.611. The number of nitrogens with zero attached hydrogens (tertiary/aromatic N) is 4. The monoisotopic (exact) mass is 672 g/mol. The zero-order chi connectivity index (χ0) is 33.9. The fourth-order valence-electron chi connectivity index (χ4n) is 7.46. The molecule has 3 aromatic heterocycles. The van der Waals surface area contributed by atoms with Gasteiger partial charge in [-0.2, -0.15) is 0 Å². The predicted octanol–water partition coefficient (Wildman–Crippen LogP) is 12.3. The zero-order valence-electron chi connectivity index (χ0n) is 27.4. The van der Waals surface area contributed by atoms with Crippen LogP contribution in [0.2, 0.25) is 5.02 Å². The number of fused-ring (bicyclic) bond motifs is 6. The third-order valence-corrected chi connectivity index (χ3v) is 10.0. The summed E-state index contributed by atoms with van der Waals surface area (Å²) in [5.41, 5.74) is 11.6. The topological polar surface area (TPSA) is 35.6 Å². The molecule has 10 aromatic rings. The molecule has 0 N–H and O–H groups in total. The molecule has 5 heteroatoms. The van der Waals surface area contributed by atoms with Crippen molar-refractivity contribution in [2.45, 2.75) is 0 Å². The van der Waals surface area contributed by atoms with Gasteiger partial charge in [-0.3, -0.25) is 4.57 Å². The third kappa shape index (κ3) is 4.91. The quantitative estimate of drug-likeness (QED) is 0.182. The van der Waals surface area contributed by atoms with Crippen LogP contribution in [0.25, 0.3) is 88.9 Å². The van der Waals surface area contributed by atoms with Gasteiger partial charge in [0, 0.05) is 43.4 Å². The second-order valence-electron chi connectivity index (χ2n) is 12.8. The highest BCUT2D eigenvalue weighted by atomic mass is 35.5. The summed E-state index contributed by atoms with van der Waals surface area (Å²) in [6, 6.07) is 61.5. The Morgan fingerprint density at radius 2 is 0.863 bits per heavy atom. The van der Waals surface area contributed by atoms with Crippen molar-refractivity contribution < 1.29 is 0 Å². The maximum absolute atomic E-state index is 6.45. The van der Waals surface area contributed by atoms with E-state index in [-0.39, 0.29) is 0 Å². The Bertz CT molecular complexity index is 2920. The Morgan fingerprint density at radius 3 is 1.51 bits per heavy atom. The second-order valence-corrected chi connectivity index (χ2v) is 13.3. The fourth-order valence-corrected chi connectivity index (χ4v) is 7.65. The maximum atomic E-state index is 6.45. The Morgan fingerprint density at radius 1 is 0.353 bits per heavy atom. The molecule has 0 amide bonds. The lowest BCUT2D eigenvalue weighted by molar-refractivity contribution is 0.995. The largest absolute Gasteiger partial charge is 0.309 e. The lowest BCUT2D eigenvalue weighted by atomic mass is 10.0. The smallest absolute Gasteiger partial charge is 0.235 e. The summed E-state index contributed by atoms with van der Waals surface area (Å²) in [7, 11) is 0. The number of hydrogen-bond acceptors (Lipinski definition) is 2. The number of rotatable bonds is 5. The molecule has 3 heterocycles. The first-order valence-electron chi connectivity index (χ1n) is 17.0. The van der Waals surface area contributed by atoms with E-state index in [0.29, 0.717) is 11.0 Å². The first-order valence-corrected chi connectivity index (χ1v) is 17.4. The zero-order valence-corrected chi connectivity index (χ0v) is 28.2. The molecule has 0 aliphatic heterocycles. The Balaban J connectivity index is 1.17. The third-order valence-electron chi connectivity index (χ3n) is 9.80. The van der Waals surface area contributed by atoms with Crippen molar-refractivity contribution in [3.63, 3.8) is 0 Å². The molecule has 0 saturated heterocycles. The van der Waals surface area contributed by atoms with Crippen LogP contribution in [0.3, 0.4) is 0 Å². The lowest BCUT2D eigenvalue weighted by Gasteiger charge is -2.12. The number of benzene rings is 7. The van der Waals surface area contributed by atoms with Crippen LogP contribution in [0.5, 0.6) is 0 Å². The summed E-state index contributed by atoms with van der Waals surface area (Å²) in [4.78, 5) is 10.4. The van der Waals surface area contributed by atoms with Gasteiger partial charge in [0.2, 0.25) is 5.95 Å². The fraction of sp³-hybridized carbons (Fsp3) is 0. The van der Waals surface area contributed by atoms with E-state index < -0.39 is 0 Å². The average Bonchev–Trinajstić information content (AvgIpc) is 3.71. The SMILES string of the molecule is Clc1cccc(-c2cc(-c3ccccc3)nc(-n3c4ccccc4c4cc(-c5ccc6c(c5)c5ccccc5n6-c5ccccc5)ccc43)n2)c1. The van der Waals surface area contributed by atoms with E-state index in [1.807, 2.05) is 48.5 Å². The van der Waals surface area contributed by atoms with Gasteiger partial charge in [0.1, 0.15) is 0 Å². The minimum Gasteiger partial charge on any atom is -0.309 e. The minimum atomic E-state index is 0.611. The van der Waals surface area contributed by atoms with Crippen molar-refractivity contribution in [1.82, 2.24) is 19.1 Å². The van der Waals surface area contributed by atoms with Crippen LogP contribution in [-0.2, 0) is 0 Å². The Labute approximate surface area is 299 Å². The highest BCUT2D eigenvalue weighted by Gasteiger charge is 2.19. The van der Waals surface area contributed by atoms with Gasteiger partial charge in [-0.1, -0.05) is 121 Å². The predicted molar refractivity (Wildman–Crippen MR) is 212 cm³/mol. The van der Waals surface area contributed by atoms with Gasteiger partial charge in [0.25, 0.3) is 0 Å². The highest BCUT2D eigenvalue weighted by molar-refractivity contribution is 6.30. The van der Waals surface area contributed by atoms with Crippen LogP contribution in [0, 0.1) is 0 Å². The van der Waals surface area contributed by atoms with E-state index in [4.69, 9.17) is 21.6 Å². The van der Waals surface area contributed by atoms with Crippen molar-refractivity contribution in [1.29, 1.82) is 0 Å². The van der Waals surface area contributed by atoms with E-state index >= 15 is 0 Å². The summed E-state index contributed by atoms with van der Waals surface area (Å²) >= 11 is 6.45. The summed E-state index contributed by atoms with van der Waals surface area (Å²) in [6.07, 6.45) is 0. The molecule has 0 atom stereocenters. The Kier molecular flexibility index (Phi) is 6.83. The summed E-state index contributed by atoms with van der Waals surface area (Å²) in [5, 5.41) is 5.43. The van der Waals surface area contributed by atoms with Crippen molar-refractivity contribution >= 4 is 55.2 Å². The first-order chi connectivity index (χ1) is 25.2. The average molecular weight is 673 g/mol. The molecule has 10 rings (SSSR count). The van der Waals surface area contributed by atoms with E-state index in [9.17, 15) is 0 Å². The van der Waals surface area contributed by atoms with Gasteiger partial charge in [0.15, 0.2) is 0 Å². The lowest BCUT2D eigenvalue weighted by Crippen LogP contribution is -2.04. The number of aromatic nitrogens is 4. The molecular formula is C46H29ClN4. The van der Waals surface area contributed by atoms with E-state index in [1.54, 1.807) is 0 Å². The van der Waals surface area contributed by atoms with Crippen molar-refractivity contribution in [2.75, 3.05) is 0 Å². The molecule has 0 bridgehead atoms. The van der Waals surface area contributed by atoms with Gasteiger partial charge < -0.3 is 4.57 Å². The van der Waals surface area contributed by atoms with Crippen LogP contribution >= 0.6 is 11.6 Å². The van der Waals surface area contributed by atoms with E-state index in [0.717, 1.165) is 55.6 Å². The van der Waals surface area contributed by atoms with Crippen LogP contribution in [0.4, 0.5) is 0 Å². The van der Waals surface area contributed by atoms with Gasteiger partial charge >= 0.3 is 0 Å². The molecule has 0 radical (unpaired) electrons. The van der Waals surface area contributed by atoms with Crippen LogP contribution in [-0.4, -0.2) is 19.1 Å².